The van der Waals surface area contributed by atoms with Gasteiger partial charge in [0.1, 0.15) is 0 Å². The quantitative estimate of drug-likeness (QED) is 0.920. The first-order valence-corrected chi connectivity index (χ1v) is 7.61. The molecule has 96 valence electrons. The molecule has 4 heteroatoms. The van der Waals surface area contributed by atoms with Gasteiger partial charge in [-0.3, -0.25) is 0 Å². The lowest BCUT2D eigenvalue weighted by molar-refractivity contribution is 0.593. The van der Waals surface area contributed by atoms with Gasteiger partial charge in [-0.2, -0.15) is 0 Å². The van der Waals surface area contributed by atoms with Crippen molar-refractivity contribution >= 4 is 20.6 Å². The summed E-state index contributed by atoms with van der Waals surface area (Å²) in [4.78, 5) is 0.382. The van der Waals surface area contributed by atoms with Crippen LogP contribution < -0.4 is 5.73 Å². The van der Waals surface area contributed by atoms with E-state index in [1.165, 1.54) is 5.56 Å². The molecule has 0 saturated heterocycles. The molecule has 0 aromatic heterocycles. The summed E-state index contributed by atoms with van der Waals surface area (Å²) in [7, 11) is -3.20. The van der Waals surface area contributed by atoms with Crippen LogP contribution in [-0.4, -0.2) is 20.7 Å². The van der Waals surface area contributed by atoms with Crippen molar-refractivity contribution < 1.29 is 8.42 Å². The molecule has 0 aliphatic heterocycles. The van der Waals surface area contributed by atoms with Crippen LogP contribution in [0.2, 0.25) is 0 Å². The Morgan fingerprint density at radius 2 is 1.72 bits per heavy atom. The number of fused-ring (bicyclic) bond motifs is 1. The highest BCUT2D eigenvalue weighted by atomic mass is 32.2. The van der Waals surface area contributed by atoms with Crippen LogP contribution in [0.4, 0.5) is 0 Å². The highest BCUT2D eigenvalue weighted by molar-refractivity contribution is 7.91. The predicted molar refractivity (Wildman–Crippen MR) is 74.4 cm³/mol. The van der Waals surface area contributed by atoms with Gasteiger partial charge in [0.15, 0.2) is 9.84 Å². The van der Waals surface area contributed by atoms with Crippen LogP contribution in [0.25, 0.3) is 10.8 Å². The van der Waals surface area contributed by atoms with E-state index >= 15 is 0 Å². The lowest BCUT2D eigenvalue weighted by atomic mass is 10.1. The van der Waals surface area contributed by atoms with Gasteiger partial charge in [-0.15, -0.1) is 0 Å². The minimum absolute atomic E-state index is 0.112. The van der Waals surface area contributed by atoms with Crippen molar-refractivity contribution in [1.82, 2.24) is 0 Å². The van der Waals surface area contributed by atoms with E-state index in [4.69, 9.17) is 5.73 Å². The summed E-state index contributed by atoms with van der Waals surface area (Å²) in [6.07, 6.45) is 0.494. The maximum absolute atomic E-state index is 12.0. The Labute approximate surface area is 108 Å². The lowest BCUT2D eigenvalue weighted by Crippen LogP contribution is -2.11. The fourth-order valence-electron chi connectivity index (χ4n) is 1.93. The molecule has 2 aromatic rings. The van der Waals surface area contributed by atoms with Gasteiger partial charge in [0.2, 0.25) is 0 Å². The van der Waals surface area contributed by atoms with Gasteiger partial charge in [-0.1, -0.05) is 29.8 Å². The number of benzene rings is 2. The predicted octanol–water partition coefficient (Wildman–Crippen LogP) is 2.27. The minimum Gasteiger partial charge on any atom is -0.330 e. The maximum atomic E-state index is 12.0. The summed E-state index contributed by atoms with van der Waals surface area (Å²) in [6, 6.07) is 11.3. The van der Waals surface area contributed by atoms with E-state index in [0.717, 1.165) is 10.8 Å². The van der Waals surface area contributed by atoms with Crippen LogP contribution in [-0.2, 0) is 9.84 Å². The molecule has 0 atom stereocenters. The van der Waals surface area contributed by atoms with Crippen LogP contribution in [0.5, 0.6) is 0 Å². The van der Waals surface area contributed by atoms with Gasteiger partial charge in [-0.05, 0) is 42.8 Å². The van der Waals surface area contributed by atoms with Crippen molar-refractivity contribution in [2.45, 2.75) is 18.2 Å². The zero-order valence-electron chi connectivity index (χ0n) is 10.4. The SMILES string of the molecule is Cc1ccc2cc(S(=O)(=O)CCCN)ccc2c1. The maximum Gasteiger partial charge on any atom is 0.178 e. The Hall–Kier alpha value is -1.39. The number of aryl methyl sites for hydroxylation is 1. The number of hydrogen-bond donors (Lipinski definition) is 1. The molecule has 0 aliphatic carbocycles. The highest BCUT2D eigenvalue weighted by Crippen LogP contribution is 2.21. The molecular formula is C14H17NO2S. The summed E-state index contributed by atoms with van der Waals surface area (Å²) < 4.78 is 24.1. The zero-order valence-corrected chi connectivity index (χ0v) is 11.2. The van der Waals surface area contributed by atoms with E-state index in [1.807, 2.05) is 31.2 Å². The average Bonchev–Trinajstić information content (AvgIpc) is 2.35. The summed E-state index contributed by atoms with van der Waals surface area (Å²) in [6.45, 7) is 2.41. The van der Waals surface area contributed by atoms with E-state index in [2.05, 4.69) is 0 Å². The van der Waals surface area contributed by atoms with Crippen LogP contribution >= 0.6 is 0 Å². The zero-order chi connectivity index (χ0) is 13.2. The van der Waals surface area contributed by atoms with Crippen LogP contribution in [0.3, 0.4) is 0 Å². The van der Waals surface area contributed by atoms with Crippen molar-refractivity contribution in [3.05, 3.63) is 42.0 Å². The molecule has 0 unspecified atom stereocenters. The molecule has 3 nitrogen and oxygen atoms in total. The fraction of sp³-hybridized carbons (Fsp3) is 0.286. The molecule has 0 saturated carbocycles. The van der Waals surface area contributed by atoms with Gasteiger partial charge in [0.25, 0.3) is 0 Å². The van der Waals surface area contributed by atoms with Crippen molar-refractivity contribution in [2.24, 2.45) is 5.73 Å². The van der Waals surface area contributed by atoms with Crippen LogP contribution in [0.15, 0.2) is 41.3 Å². The summed E-state index contributed by atoms with van der Waals surface area (Å²) in [5.74, 6) is 0.112. The summed E-state index contributed by atoms with van der Waals surface area (Å²) >= 11 is 0. The van der Waals surface area contributed by atoms with Gasteiger partial charge in [-0.25, -0.2) is 8.42 Å². The Morgan fingerprint density at radius 1 is 1.06 bits per heavy atom. The monoisotopic (exact) mass is 263 g/mol. The van der Waals surface area contributed by atoms with Crippen molar-refractivity contribution in [3.63, 3.8) is 0 Å². The first kappa shape index (κ1) is 13.1. The number of hydrogen-bond acceptors (Lipinski definition) is 3. The van der Waals surface area contributed by atoms with E-state index in [9.17, 15) is 8.42 Å². The van der Waals surface area contributed by atoms with Crippen molar-refractivity contribution in [2.75, 3.05) is 12.3 Å². The average molecular weight is 263 g/mol. The molecule has 2 rings (SSSR count). The van der Waals surface area contributed by atoms with Crippen LogP contribution in [0.1, 0.15) is 12.0 Å². The molecule has 0 radical (unpaired) electrons. The molecule has 2 aromatic carbocycles. The first-order valence-electron chi connectivity index (χ1n) is 5.96. The fourth-order valence-corrected chi connectivity index (χ4v) is 3.29. The van der Waals surface area contributed by atoms with Crippen molar-refractivity contribution in [1.29, 1.82) is 0 Å². The molecule has 0 spiro atoms. The first-order chi connectivity index (χ1) is 8.53. The summed E-state index contributed by atoms with van der Waals surface area (Å²) in [5.41, 5.74) is 6.52. The lowest BCUT2D eigenvalue weighted by Gasteiger charge is -2.06. The molecule has 0 aliphatic rings. The normalized spacial score (nSPS) is 11.9. The van der Waals surface area contributed by atoms with E-state index in [-0.39, 0.29) is 5.75 Å². The Bertz CT molecular complexity index is 663. The van der Waals surface area contributed by atoms with E-state index in [0.29, 0.717) is 17.9 Å². The Balaban J connectivity index is 2.44. The largest absolute Gasteiger partial charge is 0.330 e. The van der Waals surface area contributed by atoms with Gasteiger partial charge in [0, 0.05) is 0 Å². The van der Waals surface area contributed by atoms with Crippen LogP contribution in [0, 0.1) is 6.92 Å². The van der Waals surface area contributed by atoms with Gasteiger partial charge < -0.3 is 5.73 Å². The molecular weight excluding hydrogens is 246 g/mol. The Morgan fingerprint density at radius 3 is 2.44 bits per heavy atom. The number of sulfone groups is 1. The molecule has 0 heterocycles. The van der Waals surface area contributed by atoms with Crippen molar-refractivity contribution in [3.8, 4) is 0 Å². The number of rotatable bonds is 4. The third-order valence-electron chi connectivity index (χ3n) is 2.94. The summed E-state index contributed by atoms with van der Waals surface area (Å²) in [5, 5.41) is 2.02. The third kappa shape index (κ3) is 2.71. The van der Waals surface area contributed by atoms with Gasteiger partial charge >= 0.3 is 0 Å². The standard InChI is InChI=1S/C14H17NO2S/c1-11-3-4-13-10-14(6-5-12(13)9-11)18(16,17)8-2-7-15/h3-6,9-10H,2,7-8,15H2,1H3. The van der Waals surface area contributed by atoms with E-state index < -0.39 is 9.84 Å². The number of nitrogens with two attached hydrogens (primary N) is 1. The second-order valence-electron chi connectivity index (χ2n) is 4.47. The molecule has 0 amide bonds. The minimum atomic E-state index is -3.20. The molecule has 18 heavy (non-hydrogen) atoms. The molecule has 0 fully saturated rings. The second kappa shape index (κ2) is 5.08. The third-order valence-corrected chi connectivity index (χ3v) is 4.74. The second-order valence-corrected chi connectivity index (χ2v) is 6.58. The smallest absolute Gasteiger partial charge is 0.178 e. The highest BCUT2D eigenvalue weighted by Gasteiger charge is 2.13. The molecule has 2 N–H and O–H groups in total. The van der Waals surface area contributed by atoms with Gasteiger partial charge in [0.05, 0.1) is 10.6 Å². The topological polar surface area (TPSA) is 60.2 Å². The molecule has 0 bridgehead atoms. The van der Waals surface area contributed by atoms with E-state index in [1.54, 1.807) is 12.1 Å². The Kier molecular flexibility index (Phi) is 3.68.